The Hall–Kier alpha value is -1.18. The predicted molar refractivity (Wildman–Crippen MR) is 85.6 cm³/mol. The van der Waals surface area contributed by atoms with Crippen LogP contribution >= 0.6 is 23.7 Å². The van der Waals surface area contributed by atoms with Gasteiger partial charge in [0.05, 0.1) is 14.7 Å². The quantitative estimate of drug-likeness (QED) is 0.664. The number of aryl methyl sites for hydroxylation is 1. The van der Waals surface area contributed by atoms with Gasteiger partial charge in [0.15, 0.2) is 0 Å². The van der Waals surface area contributed by atoms with Crippen LogP contribution in [0.25, 0.3) is 0 Å². The third kappa shape index (κ3) is 4.94. The van der Waals surface area contributed by atoms with E-state index < -0.39 is 4.92 Å². The standard InChI is InChI=1S/C13H19N3O3S.ClH/c1-10-11(16(18)19)9-12(20-10)13(17)14-5-8-15-6-3-2-4-7-15;/h9H,2-8H2,1H3,(H,14,17);1H. The Balaban J connectivity index is 0.00000220. The van der Waals surface area contributed by atoms with Gasteiger partial charge in [-0.25, -0.2) is 0 Å². The summed E-state index contributed by atoms with van der Waals surface area (Å²) in [6.45, 7) is 5.29. The first-order chi connectivity index (χ1) is 9.58. The van der Waals surface area contributed by atoms with Crippen LogP contribution in [-0.4, -0.2) is 41.9 Å². The van der Waals surface area contributed by atoms with Crippen molar-refractivity contribution in [3.05, 3.63) is 25.9 Å². The van der Waals surface area contributed by atoms with Crippen molar-refractivity contribution in [2.45, 2.75) is 26.2 Å². The summed E-state index contributed by atoms with van der Waals surface area (Å²) in [6, 6.07) is 1.36. The number of nitrogens with zero attached hydrogens (tertiary/aromatic N) is 2. The predicted octanol–water partition coefficient (Wildman–Crippen LogP) is 2.60. The van der Waals surface area contributed by atoms with Crippen molar-refractivity contribution in [2.75, 3.05) is 26.2 Å². The number of likely N-dealkylation sites (tertiary alicyclic amines) is 1. The molecule has 0 aromatic carbocycles. The summed E-state index contributed by atoms with van der Waals surface area (Å²) in [5.74, 6) is -0.219. The molecule has 2 heterocycles. The van der Waals surface area contributed by atoms with Crippen LogP contribution in [0.2, 0.25) is 0 Å². The SMILES string of the molecule is Cc1sc(C(=O)NCCN2CCCCC2)cc1[N+](=O)[O-].Cl. The van der Waals surface area contributed by atoms with Crippen LogP contribution in [0.15, 0.2) is 6.07 Å². The topological polar surface area (TPSA) is 75.5 Å². The summed E-state index contributed by atoms with van der Waals surface area (Å²) in [5, 5.41) is 13.6. The third-order valence-electron chi connectivity index (χ3n) is 3.47. The Morgan fingerprint density at radius 2 is 2.10 bits per heavy atom. The summed E-state index contributed by atoms with van der Waals surface area (Å²) >= 11 is 1.17. The molecule has 0 spiro atoms. The molecule has 1 N–H and O–H groups in total. The smallest absolute Gasteiger partial charge is 0.283 e. The first-order valence-electron chi connectivity index (χ1n) is 6.83. The lowest BCUT2D eigenvalue weighted by Crippen LogP contribution is -2.37. The fraction of sp³-hybridized carbons (Fsp3) is 0.615. The summed E-state index contributed by atoms with van der Waals surface area (Å²) in [4.78, 5) is 25.6. The molecule has 21 heavy (non-hydrogen) atoms. The van der Waals surface area contributed by atoms with E-state index in [9.17, 15) is 14.9 Å². The van der Waals surface area contributed by atoms with Crippen LogP contribution in [0.3, 0.4) is 0 Å². The highest BCUT2D eigenvalue weighted by Gasteiger charge is 2.19. The van der Waals surface area contributed by atoms with Crippen LogP contribution in [0, 0.1) is 17.0 Å². The highest BCUT2D eigenvalue weighted by atomic mass is 35.5. The average molecular weight is 334 g/mol. The van der Waals surface area contributed by atoms with Crippen molar-refractivity contribution in [1.29, 1.82) is 0 Å². The maximum atomic E-state index is 11.9. The number of halogens is 1. The van der Waals surface area contributed by atoms with Gasteiger partial charge in [-0.2, -0.15) is 0 Å². The first-order valence-corrected chi connectivity index (χ1v) is 7.65. The second kappa shape index (κ2) is 8.31. The number of rotatable bonds is 5. The number of amides is 1. The fourth-order valence-corrected chi connectivity index (χ4v) is 3.27. The second-order valence-electron chi connectivity index (χ2n) is 4.97. The molecule has 0 radical (unpaired) electrons. The minimum atomic E-state index is -0.448. The molecule has 0 saturated carbocycles. The van der Waals surface area contributed by atoms with E-state index in [-0.39, 0.29) is 24.0 Å². The Labute approximate surface area is 134 Å². The lowest BCUT2D eigenvalue weighted by molar-refractivity contribution is -0.385. The van der Waals surface area contributed by atoms with Crippen LogP contribution in [-0.2, 0) is 0 Å². The number of thiophene rings is 1. The molecule has 1 fully saturated rings. The summed E-state index contributed by atoms with van der Waals surface area (Å²) < 4.78 is 0. The van der Waals surface area contributed by atoms with Gasteiger partial charge in [0.1, 0.15) is 0 Å². The number of nitro groups is 1. The molecule has 1 aromatic heterocycles. The van der Waals surface area contributed by atoms with Crippen molar-refractivity contribution in [3.8, 4) is 0 Å². The van der Waals surface area contributed by atoms with Crippen LogP contribution < -0.4 is 5.32 Å². The number of piperidine rings is 1. The molecule has 118 valence electrons. The number of carbonyl (C=O) groups is 1. The molecule has 1 amide bonds. The summed E-state index contributed by atoms with van der Waals surface area (Å²) in [5.41, 5.74) is 0.0242. The van der Waals surface area contributed by atoms with Gasteiger partial charge in [0.25, 0.3) is 11.6 Å². The Kier molecular flexibility index (Phi) is 7.07. The summed E-state index contributed by atoms with van der Waals surface area (Å²) in [6.07, 6.45) is 3.75. The van der Waals surface area contributed by atoms with Crippen molar-refractivity contribution in [3.63, 3.8) is 0 Å². The van der Waals surface area contributed by atoms with Gasteiger partial charge in [-0.3, -0.25) is 14.9 Å². The van der Waals surface area contributed by atoms with E-state index in [1.807, 2.05) is 0 Å². The van der Waals surface area contributed by atoms with E-state index in [0.29, 0.717) is 16.3 Å². The van der Waals surface area contributed by atoms with Crippen LogP contribution in [0.1, 0.15) is 33.8 Å². The lowest BCUT2D eigenvalue weighted by atomic mass is 10.1. The third-order valence-corrected chi connectivity index (χ3v) is 4.51. The Morgan fingerprint density at radius 1 is 1.43 bits per heavy atom. The van der Waals surface area contributed by atoms with Gasteiger partial charge < -0.3 is 10.2 Å². The van der Waals surface area contributed by atoms with Gasteiger partial charge in [0.2, 0.25) is 0 Å². The molecule has 1 saturated heterocycles. The minimum absolute atomic E-state index is 0. The zero-order chi connectivity index (χ0) is 14.5. The molecule has 8 heteroatoms. The number of nitrogens with one attached hydrogen (secondary N) is 1. The van der Waals surface area contributed by atoms with Gasteiger partial charge in [-0.15, -0.1) is 23.7 Å². The highest BCUT2D eigenvalue weighted by molar-refractivity contribution is 7.14. The highest BCUT2D eigenvalue weighted by Crippen LogP contribution is 2.27. The van der Waals surface area contributed by atoms with Crippen molar-refractivity contribution in [2.24, 2.45) is 0 Å². The van der Waals surface area contributed by atoms with E-state index in [1.165, 1.54) is 36.7 Å². The average Bonchev–Trinajstić information content (AvgIpc) is 2.82. The van der Waals surface area contributed by atoms with Crippen molar-refractivity contribution in [1.82, 2.24) is 10.2 Å². The van der Waals surface area contributed by atoms with Gasteiger partial charge in [0, 0.05) is 19.2 Å². The van der Waals surface area contributed by atoms with Crippen LogP contribution in [0.4, 0.5) is 5.69 Å². The van der Waals surface area contributed by atoms with Crippen molar-refractivity contribution >= 4 is 35.3 Å². The normalized spacial score (nSPS) is 15.3. The Morgan fingerprint density at radius 3 is 2.67 bits per heavy atom. The molecule has 6 nitrogen and oxygen atoms in total. The minimum Gasteiger partial charge on any atom is -0.350 e. The molecule has 0 unspecified atom stereocenters. The van der Waals surface area contributed by atoms with Gasteiger partial charge in [-0.1, -0.05) is 6.42 Å². The summed E-state index contributed by atoms with van der Waals surface area (Å²) in [7, 11) is 0. The molecule has 0 bridgehead atoms. The van der Waals surface area contributed by atoms with E-state index in [4.69, 9.17) is 0 Å². The first kappa shape index (κ1) is 17.9. The number of hydrogen-bond acceptors (Lipinski definition) is 5. The number of carbonyl (C=O) groups excluding carboxylic acids is 1. The molecular weight excluding hydrogens is 314 g/mol. The molecule has 0 atom stereocenters. The van der Waals surface area contributed by atoms with E-state index in [2.05, 4.69) is 10.2 Å². The maximum Gasteiger partial charge on any atom is 0.283 e. The molecule has 0 aliphatic carbocycles. The monoisotopic (exact) mass is 333 g/mol. The Bertz CT molecular complexity index is 501. The fourth-order valence-electron chi connectivity index (χ4n) is 2.36. The van der Waals surface area contributed by atoms with Crippen LogP contribution in [0.5, 0.6) is 0 Å². The molecular formula is C13H20ClN3O3S. The van der Waals surface area contributed by atoms with E-state index in [0.717, 1.165) is 19.6 Å². The van der Waals surface area contributed by atoms with E-state index in [1.54, 1.807) is 6.92 Å². The number of hydrogen-bond donors (Lipinski definition) is 1. The van der Waals surface area contributed by atoms with Crippen molar-refractivity contribution < 1.29 is 9.72 Å². The van der Waals surface area contributed by atoms with E-state index >= 15 is 0 Å². The lowest BCUT2D eigenvalue weighted by Gasteiger charge is -2.26. The molecule has 2 rings (SSSR count). The largest absolute Gasteiger partial charge is 0.350 e. The molecule has 1 aromatic rings. The van der Waals surface area contributed by atoms with Gasteiger partial charge >= 0.3 is 0 Å². The molecule has 1 aliphatic rings. The zero-order valence-electron chi connectivity index (χ0n) is 12.0. The zero-order valence-corrected chi connectivity index (χ0v) is 13.6. The van der Waals surface area contributed by atoms with Gasteiger partial charge in [-0.05, 0) is 32.9 Å². The second-order valence-corrected chi connectivity index (χ2v) is 6.22. The maximum absolute atomic E-state index is 11.9. The molecule has 1 aliphatic heterocycles.